The molecule has 1 atom stereocenters. The average molecular weight is 321 g/mol. The maximum absolute atomic E-state index is 12.1. The zero-order valence-corrected chi connectivity index (χ0v) is 12.1. The highest BCUT2D eigenvalue weighted by Crippen LogP contribution is 2.03. The SMILES string of the molecule is Cn1cc(S(=O)(=O)NC(CCO)C(=O)O)c(=O)n(C)c1=O. The normalized spacial score (nSPS) is 13.1. The third-order valence-electron chi connectivity index (χ3n) is 2.72. The van der Waals surface area contributed by atoms with Crippen molar-refractivity contribution in [2.75, 3.05) is 6.61 Å². The molecule has 1 aromatic rings. The number of hydrogen-bond acceptors (Lipinski definition) is 6. The highest BCUT2D eigenvalue weighted by atomic mass is 32.2. The molecule has 1 unspecified atom stereocenters. The number of sulfonamides is 1. The number of carboxylic acid groups (broad SMARTS) is 1. The molecule has 0 saturated carbocycles. The molecule has 1 rings (SSSR count). The van der Waals surface area contributed by atoms with Crippen LogP contribution in [0.15, 0.2) is 20.7 Å². The molecule has 0 spiro atoms. The Morgan fingerprint density at radius 1 is 1.38 bits per heavy atom. The predicted molar refractivity (Wildman–Crippen MR) is 70.4 cm³/mol. The Balaban J connectivity index is 3.36. The molecule has 0 aromatic carbocycles. The molecule has 0 radical (unpaired) electrons. The van der Waals surface area contributed by atoms with E-state index in [9.17, 15) is 22.8 Å². The highest BCUT2D eigenvalue weighted by Gasteiger charge is 2.28. The molecular formula is C10H15N3O7S. The van der Waals surface area contributed by atoms with Gasteiger partial charge in [0.1, 0.15) is 6.04 Å². The van der Waals surface area contributed by atoms with Crippen LogP contribution in [0.4, 0.5) is 0 Å². The van der Waals surface area contributed by atoms with Crippen molar-refractivity contribution in [2.45, 2.75) is 17.4 Å². The molecular weight excluding hydrogens is 306 g/mol. The maximum atomic E-state index is 12.1. The lowest BCUT2D eigenvalue weighted by molar-refractivity contribution is -0.139. The Labute approximate surface area is 119 Å². The van der Waals surface area contributed by atoms with Crippen LogP contribution in [-0.2, 0) is 28.9 Å². The van der Waals surface area contributed by atoms with Crippen LogP contribution in [0.3, 0.4) is 0 Å². The Morgan fingerprint density at radius 2 is 1.95 bits per heavy atom. The molecule has 1 heterocycles. The van der Waals surface area contributed by atoms with Gasteiger partial charge in [-0.15, -0.1) is 0 Å². The molecule has 0 aliphatic heterocycles. The van der Waals surface area contributed by atoms with E-state index < -0.39 is 44.8 Å². The van der Waals surface area contributed by atoms with Gasteiger partial charge in [0.2, 0.25) is 10.0 Å². The summed E-state index contributed by atoms with van der Waals surface area (Å²) in [4.78, 5) is 33.5. The van der Waals surface area contributed by atoms with Gasteiger partial charge in [-0.1, -0.05) is 0 Å². The first-order valence-corrected chi connectivity index (χ1v) is 7.22. The fourth-order valence-corrected chi connectivity index (χ4v) is 2.96. The van der Waals surface area contributed by atoms with Crippen molar-refractivity contribution >= 4 is 16.0 Å². The number of aliphatic carboxylic acids is 1. The number of aromatic nitrogens is 2. The molecule has 21 heavy (non-hydrogen) atoms. The summed E-state index contributed by atoms with van der Waals surface area (Å²) in [5.74, 6) is -1.49. The number of carbonyl (C=O) groups is 1. The lowest BCUT2D eigenvalue weighted by Crippen LogP contribution is -2.46. The smallest absolute Gasteiger partial charge is 0.330 e. The summed E-state index contributed by atoms with van der Waals surface area (Å²) in [6.07, 6.45) is 0.450. The van der Waals surface area contributed by atoms with Gasteiger partial charge in [0.25, 0.3) is 5.56 Å². The number of hydrogen-bond donors (Lipinski definition) is 3. The monoisotopic (exact) mass is 321 g/mol. The second-order valence-electron chi connectivity index (χ2n) is 4.28. The molecule has 1 aromatic heterocycles. The molecule has 10 nitrogen and oxygen atoms in total. The minimum atomic E-state index is -4.45. The van der Waals surface area contributed by atoms with Crippen LogP contribution < -0.4 is 16.0 Å². The van der Waals surface area contributed by atoms with Gasteiger partial charge in [-0.2, -0.15) is 4.72 Å². The van der Waals surface area contributed by atoms with Crippen LogP contribution in [0.1, 0.15) is 6.42 Å². The first kappa shape index (κ1) is 17.1. The second-order valence-corrected chi connectivity index (χ2v) is 5.96. The number of aryl methyl sites for hydroxylation is 1. The van der Waals surface area contributed by atoms with E-state index in [1.54, 1.807) is 0 Å². The van der Waals surface area contributed by atoms with Gasteiger partial charge < -0.3 is 14.8 Å². The maximum Gasteiger partial charge on any atom is 0.330 e. The Hall–Kier alpha value is -1.98. The number of aliphatic hydroxyl groups excluding tert-OH is 1. The van der Waals surface area contributed by atoms with Gasteiger partial charge in [-0.25, -0.2) is 13.2 Å². The summed E-state index contributed by atoms with van der Waals surface area (Å²) in [7, 11) is -2.10. The van der Waals surface area contributed by atoms with Crippen LogP contribution in [0.5, 0.6) is 0 Å². The van der Waals surface area contributed by atoms with Crippen molar-refractivity contribution in [1.29, 1.82) is 0 Å². The van der Waals surface area contributed by atoms with Crippen LogP contribution >= 0.6 is 0 Å². The lowest BCUT2D eigenvalue weighted by Gasteiger charge is -2.14. The van der Waals surface area contributed by atoms with Crippen molar-refractivity contribution in [2.24, 2.45) is 14.1 Å². The molecule has 118 valence electrons. The van der Waals surface area contributed by atoms with Crippen molar-refractivity contribution in [3.63, 3.8) is 0 Å². The fourth-order valence-electron chi connectivity index (χ4n) is 1.57. The summed E-state index contributed by atoms with van der Waals surface area (Å²) in [6, 6.07) is -1.58. The zero-order valence-electron chi connectivity index (χ0n) is 11.3. The molecule has 0 fully saturated rings. The minimum absolute atomic E-state index is 0.360. The first-order valence-electron chi connectivity index (χ1n) is 5.74. The summed E-state index contributed by atoms with van der Waals surface area (Å²) in [6.45, 7) is -0.551. The van der Waals surface area contributed by atoms with Crippen LogP contribution in [0, 0.1) is 0 Å². The number of aliphatic hydroxyl groups is 1. The fraction of sp³-hybridized carbons (Fsp3) is 0.500. The van der Waals surface area contributed by atoms with Crippen LogP contribution in [0.25, 0.3) is 0 Å². The number of nitrogens with one attached hydrogen (secondary N) is 1. The van der Waals surface area contributed by atoms with Gasteiger partial charge in [-0.3, -0.25) is 14.2 Å². The third kappa shape index (κ3) is 3.56. The minimum Gasteiger partial charge on any atom is -0.480 e. The Kier molecular flexibility index (Phi) is 5.04. The summed E-state index contributed by atoms with van der Waals surface area (Å²) in [5, 5.41) is 17.6. The van der Waals surface area contributed by atoms with E-state index in [1.807, 2.05) is 4.72 Å². The highest BCUT2D eigenvalue weighted by molar-refractivity contribution is 7.89. The first-order chi connectivity index (χ1) is 9.61. The molecule has 11 heteroatoms. The van der Waals surface area contributed by atoms with Crippen molar-refractivity contribution in [1.82, 2.24) is 13.9 Å². The van der Waals surface area contributed by atoms with E-state index in [0.717, 1.165) is 17.8 Å². The summed E-state index contributed by atoms with van der Waals surface area (Å²) >= 11 is 0. The topological polar surface area (TPSA) is 148 Å². The van der Waals surface area contributed by atoms with Gasteiger partial charge >= 0.3 is 11.7 Å². The number of nitrogens with zero attached hydrogens (tertiary/aromatic N) is 2. The van der Waals surface area contributed by atoms with Crippen molar-refractivity contribution in [3.8, 4) is 0 Å². The number of carboxylic acids is 1. The average Bonchev–Trinajstić information content (AvgIpc) is 2.39. The van der Waals surface area contributed by atoms with E-state index in [4.69, 9.17) is 10.2 Å². The van der Waals surface area contributed by atoms with E-state index >= 15 is 0 Å². The quantitative estimate of drug-likeness (QED) is 0.512. The van der Waals surface area contributed by atoms with Crippen molar-refractivity contribution in [3.05, 3.63) is 27.0 Å². The number of rotatable bonds is 6. The van der Waals surface area contributed by atoms with E-state index in [0.29, 0.717) is 4.57 Å². The van der Waals surface area contributed by atoms with Crippen LogP contribution in [0.2, 0.25) is 0 Å². The standard InChI is InChI=1S/C10H15N3O7S/c1-12-5-7(8(15)13(2)10(12)18)21(19,20)11-6(3-4-14)9(16)17/h5-6,11,14H,3-4H2,1-2H3,(H,16,17). The molecule has 0 aliphatic rings. The van der Waals surface area contributed by atoms with Gasteiger partial charge in [0.15, 0.2) is 4.90 Å². The molecule has 0 amide bonds. The largest absolute Gasteiger partial charge is 0.480 e. The van der Waals surface area contributed by atoms with Gasteiger partial charge in [0.05, 0.1) is 0 Å². The summed E-state index contributed by atoms with van der Waals surface area (Å²) in [5.41, 5.74) is -1.79. The second kappa shape index (κ2) is 6.20. The molecule has 0 aliphatic carbocycles. The third-order valence-corrected chi connectivity index (χ3v) is 4.17. The van der Waals surface area contributed by atoms with Gasteiger partial charge in [0, 0.05) is 26.9 Å². The molecule has 0 saturated heterocycles. The Morgan fingerprint density at radius 3 is 2.43 bits per heavy atom. The van der Waals surface area contributed by atoms with E-state index in [1.165, 1.54) is 7.05 Å². The predicted octanol–water partition coefficient (Wildman–Crippen LogP) is -2.80. The molecule has 0 bridgehead atoms. The van der Waals surface area contributed by atoms with Gasteiger partial charge in [-0.05, 0) is 6.42 Å². The molecule has 3 N–H and O–H groups in total. The lowest BCUT2D eigenvalue weighted by atomic mass is 10.2. The summed E-state index contributed by atoms with van der Waals surface area (Å²) < 4.78 is 27.4. The van der Waals surface area contributed by atoms with Crippen molar-refractivity contribution < 1.29 is 23.4 Å². The van der Waals surface area contributed by atoms with E-state index in [-0.39, 0.29) is 6.42 Å². The zero-order chi connectivity index (χ0) is 16.4. The van der Waals surface area contributed by atoms with Crippen LogP contribution in [-0.4, -0.2) is 46.4 Å². The Bertz CT molecular complexity index is 762. The van der Waals surface area contributed by atoms with E-state index in [2.05, 4.69) is 0 Å².